The smallest absolute Gasteiger partial charge is 0.425 e. The number of ketones is 1. The molecule has 6 nitrogen and oxygen atoms in total. The average Bonchev–Trinajstić information content (AvgIpc) is 3.29. The van der Waals surface area contributed by atoms with Gasteiger partial charge in [0.1, 0.15) is 5.76 Å². The first kappa shape index (κ1) is 22.6. The van der Waals surface area contributed by atoms with Gasteiger partial charge in [0.25, 0.3) is 5.91 Å². The van der Waals surface area contributed by atoms with E-state index in [-0.39, 0.29) is 30.8 Å². The van der Waals surface area contributed by atoms with Gasteiger partial charge in [-0.05, 0) is 36.8 Å². The van der Waals surface area contributed by atoms with Crippen LogP contribution in [0.5, 0.6) is 0 Å². The molecule has 0 spiro atoms. The number of halogens is 3. The van der Waals surface area contributed by atoms with Gasteiger partial charge >= 0.3 is 6.18 Å². The Balaban J connectivity index is 1.82. The van der Waals surface area contributed by atoms with Crippen LogP contribution in [0.4, 0.5) is 13.2 Å². The van der Waals surface area contributed by atoms with Crippen molar-refractivity contribution in [3.8, 4) is 0 Å². The SMILES string of the molecule is CC1(C)CC(=O)C2=C(C1)N(Cc1ccco1)C(=O)[C@]2(NC(=O)C1CCCCC1)C(F)(F)F. The zero-order valence-corrected chi connectivity index (χ0v) is 18.2. The molecule has 0 radical (unpaired) electrons. The Kier molecular flexibility index (Phi) is 5.49. The summed E-state index contributed by atoms with van der Waals surface area (Å²) in [7, 11) is 0. The van der Waals surface area contributed by atoms with E-state index < -0.39 is 46.2 Å². The summed E-state index contributed by atoms with van der Waals surface area (Å²) < 4.78 is 49.4. The molecule has 2 heterocycles. The number of amides is 2. The van der Waals surface area contributed by atoms with Gasteiger partial charge in [0.05, 0.1) is 18.4 Å². The van der Waals surface area contributed by atoms with E-state index >= 15 is 0 Å². The maximum Gasteiger partial charge on any atom is 0.425 e. The molecule has 1 aromatic heterocycles. The number of carbonyl (C=O) groups is 3. The Morgan fingerprint density at radius 3 is 2.47 bits per heavy atom. The lowest BCUT2D eigenvalue weighted by Crippen LogP contribution is -2.67. The summed E-state index contributed by atoms with van der Waals surface area (Å²) in [6.07, 6.45) is -0.482. The zero-order valence-electron chi connectivity index (χ0n) is 18.2. The van der Waals surface area contributed by atoms with Gasteiger partial charge in [-0.1, -0.05) is 33.1 Å². The van der Waals surface area contributed by atoms with Gasteiger partial charge in [-0.25, -0.2) is 0 Å². The third kappa shape index (κ3) is 3.65. The van der Waals surface area contributed by atoms with E-state index in [4.69, 9.17) is 4.42 Å². The molecule has 1 aromatic rings. The molecule has 1 saturated carbocycles. The fraction of sp³-hybridized carbons (Fsp3) is 0.609. The second kappa shape index (κ2) is 7.78. The molecule has 3 aliphatic rings. The summed E-state index contributed by atoms with van der Waals surface area (Å²) in [4.78, 5) is 40.5. The quantitative estimate of drug-likeness (QED) is 0.740. The van der Waals surface area contributed by atoms with E-state index in [2.05, 4.69) is 5.32 Å². The Labute approximate surface area is 184 Å². The molecular formula is C23H27F3N2O4. The van der Waals surface area contributed by atoms with Gasteiger partial charge in [0, 0.05) is 18.0 Å². The van der Waals surface area contributed by atoms with Gasteiger partial charge in [0.15, 0.2) is 5.78 Å². The van der Waals surface area contributed by atoms with Crippen molar-refractivity contribution in [1.82, 2.24) is 10.2 Å². The van der Waals surface area contributed by atoms with Crippen molar-refractivity contribution < 1.29 is 32.0 Å². The van der Waals surface area contributed by atoms with Crippen molar-refractivity contribution in [2.45, 2.75) is 77.1 Å². The van der Waals surface area contributed by atoms with E-state index in [0.717, 1.165) is 24.2 Å². The fourth-order valence-electron chi connectivity index (χ4n) is 5.20. The lowest BCUT2D eigenvalue weighted by atomic mass is 9.72. The van der Waals surface area contributed by atoms with Crippen molar-refractivity contribution in [2.24, 2.45) is 11.3 Å². The van der Waals surface area contributed by atoms with Crippen LogP contribution in [0.3, 0.4) is 0 Å². The Morgan fingerprint density at radius 1 is 1.19 bits per heavy atom. The van der Waals surface area contributed by atoms with Crippen LogP contribution >= 0.6 is 0 Å². The maximum atomic E-state index is 14.7. The number of allylic oxidation sites excluding steroid dienone is 1. The van der Waals surface area contributed by atoms with Gasteiger partial charge in [0.2, 0.25) is 11.4 Å². The molecule has 0 unspecified atom stereocenters. The summed E-state index contributed by atoms with van der Waals surface area (Å²) in [6.45, 7) is 3.31. The largest absolute Gasteiger partial charge is 0.467 e. The van der Waals surface area contributed by atoms with Gasteiger partial charge in [-0.2, -0.15) is 13.2 Å². The van der Waals surface area contributed by atoms with E-state index in [1.807, 2.05) is 0 Å². The van der Waals surface area contributed by atoms with Crippen LogP contribution < -0.4 is 5.32 Å². The topological polar surface area (TPSA) is 79.6 Å². The highest BCUT2D eigenvalue weighted by Crippen LogP contribution is 2.52. The third-order valence-corrected chi connectivity index (χ3v) is 6.73. The molecule has 0 aromatic carbocycles. The molecule has 0 bridgehead atoms. The number of hydrogen-bond acceptors (Lipinski definition) is 4. The van der Waals surface area contributed by atoms with E-state index in [1.165, 1.54) is 6.26 Å². The Bertz CT molecular complexity index is 958. The third-order valence-electron chi connectivity index (χ3n) is 6.73. The number of nitrogens with one attached hydrogen (secondary N) is 1. The molecule has 174 valence electrons. The number of hydrogen-bond donors (Lipinski definition) is 1. The Morgan fingerprint density at radius 2 is 1.88 bits per heavy atom. The second-order valence-corrected chi connectivity index (χ2v) is 9.81. The summed E-state index contributed by atoms with van der Waals surface area (Å²) in [5.74, 6) is -3.24. The number of carbonyl (C=O) groups excluding carboxylic acids is 3. The number of alkyl halides is 3. The normalized spacial score (nSPS) is 26.5. The van der Waals surface area contributed by atoms with Crippen LogP contribution in [0, 0.1) is 11.3 Å². The standard InChI is InChI=1S/C23H27F3N2O4/c1-21(2)11-16-18(17(29)12-21)22(23(24,25)26,27-19(30)14-7-4-3-5-8-14)20(31)28(16)13-15-9-6-10-32-15/h6,9-10,14H,3-5,7-8,11-13H2,1-2H3,(H,27,30)/t22-/m0/s1. The molecule has 1 atom stereocenters. The highest BCUT2D eigenvalue weighted by molar-refractivity contribution is 6.13. The lowest BCUT2D eigenvalue weighted by molar-refractivity contribution is -0.195. The monoisotopic (exact) mass is 452 g/mol. The van der Waals surface area contributed by atoms with Crippen molar-refractivity contribution in [2.75, 3.05) is 0 Å². The zero-order chi connectivity index (χ0) is 23.3. The highest BCUT2D eigenvalue weighted by atomic mass is 19.4. The minimum atomic E-state index is -5.18. The van der Waals surface area contributed by atoms with Crippen LogP contribution in [-0.2, 0) is 20.9 Å². The van der Waals surface area contributed by atoms with Crippen molar-refractivity contribution >= 4 is 17.6 Å². The molecule has 4 rings (SSSR count). The minimum absolute atomic E-state index is 0.0221. The van der Waals surface area contributed by atoms with Crippen LogP contribution in [-0.4, -0.2) is 34.2 Å². The fourth-order valence-corrected chi connectivity index (χ4v) is 5.20. The molecule has 1 aliphatic heterocycles. The lowest BCUT2D eigenvalue weighted by Gasteiger charge is -2.36. The molecule has 0 saturated heterocycles. The van der Waals surface area contributed by atoms with Crippen LogP contribution in [0.1, 0.15) is 64.6 Å². The summed E-state index contributed by atoms with van der Waals surface area (Å²) in [5, 5.41) is 2.05. The highest BCUT2D eigenvalue weighted by Gasteiger charge is 2.71. The molecule has 2 aliphatic carbocycles. The first-order valence-electron chi connectivity index (χ1n) is 11.0. The molecule has 1 fully saturated rings. The number of furan rings is 1. The average molecular weight is 452 g/mol. The number of rotatable bonds is 4. The summed E-state index contributed by atoms with van der Waals surface area (Å²) in [6, 6.07) is 3.13. The molecule has 9 heteroatoms. The molecule has 2 amide bonds. The number of nitrogens with zero attached hydrogens (tertiary/aromatic N) is 1. The van der Waals surface area contributed by atoms with Crippen LogP contribution in [0.2, 0.25) is 0 Å². The van der Waals surface area contributed by atoms with Gasteiger partial charge in [-0.15, -0.1) is 0 Å². The predicted octanol–water partition coefficient (Wildman–Crippen LogP) is 4.26. The van der Waals surface area contributed by atoms with E-state index in [9.17, 15) is 27.6 Å². The van der Waals surface area contributed by atoms with Crippen LogP contribution in [0.15, 0.2) is 34.1 Å². The maximum absolute atomic E-state index is 14.7. The van der Waals surface area contributed by atoms with Gasteiger partial charge < -0.3 is 14.6 Å². The van der Waals surface area contributed by atoms with Gasteiger partial charge in [-0.3, -0.25) is 14.4 Å². The summed E-state index contributed by atoms with van der Waals surface area (Å²) >= 11 is 0. The van der Waals surface area contributed by atoms with Crippen molar-refractivity contribution in [3.63, 3.8) is 0 Å². The molecular weight excluding hydrogens is 425 g/mol. The van der Waals surface area contributed by atoms with Crippen molar-refractivity contribution in [1.29, 1.82) is 0 Å². The summed E-state index contributed by atoms with van der Waals surface area (Å²) in [5.41, 5.74) is -4.59. The molecule has 32 heavy (non-hydrogen) atoms. The molecule has 1 N–H and O–H groups in total. The van der Waals surface area contributed by atoms with Crippen LogP contribution in [0.25, 0.3) is 0 Å². The first-order valence-corrected chi connectivity index (χ1v) is 11.0. The predicted molar refractivity (Wildman–Crippen MR) is 108 cm³/mol. The second-order valence-electron chi connectivity index (χ2n) is 9.81. The van der Waals surface area contributed by atoms with Crippen molar-refractivity contribution in [3.05, 3.63) is 35.4 Å². The van der Waals surface area contributed by atoms with E-state index in [1.54, 1.807) is 26.0 Å². The first-order chi connectivity index (χ1) is 15.0. The number of Topliss-reactive ketones (excluding diaryl/α,β-unsaturated/α-hetero) is 1. The minimum Gasteiger partial charge on any atom is -0.467 e. The van der Waals surface area contributed by atoms with E-state index in [0.29, 0.717) is 12.8 Å². The Hall–Kier alpha value is -2.58.